The molecule has 160 valence electrons. The van der Waals surface area contributed by atoms with Gasteiger partial charge >= 0.3 is 0 Å². The SMILES string of the molecule is CCCn1c(SCC(=O)Nc2ccc(C(C)C)cc2)nnc1-c1csc(C)c1CC. The number of benzene rings is 1. The minimum atomic E-state index is -0.0366. The molecule has 2 heterocycles. The maximum absolute atomic E-state index is 12.5. The summed E-state index contributed by atoms with van der Waals surface area (Å²) in [6.45, 7) is 11.6. The van der Waals surface area contributed by atoms with E-state index in [9.17, 15) is 4.79 Å². The van der Waals surface area contributed by atoms with E-state index in [1.54, 1.807) is 11.3 Å². The smallest absolute Gasteiger partial charge is 0.234 e. The van der Waals surface area contributed by atoms with Crippen LogP contribution in [0.5, 0.6) is 0 Å². The molecule has 1 amide bonds. The highest BCUT2D eigenvalue weighted by Gasteiger charge is 2.19. The van der Waals surface area contributed by atoms with E-state index in [0.717, 1.165) is 36.1 Å². The Hall–Kier alpha value is -2.12. The highest BCUT2D eigenvalue weighted by molar-refractivity contribution is 7.99. The first-order chi connectivity index (χ1) is 14.4. The van der Waals surface area contributed by atoms with E-state index in [0.29, 0.717) is 11.7 Å². The number of hydrogen-bond donors (Lipinski definition) is 1. The van der Waals surface area contributed by atoms with E-state index in [2.05, 4.69) is 72.2 Å². The van der Waals surface area contributed by atoms with E-state index >= 15 is 0 Å². The van der Waals surface area contributed by atoms with E-state index in [1.165, 1.54) is 33.3 Å². The van der Waals surface area contributed by atoms with Crippen molar-refractivity contribution in [2.24, 2.45) is 0 Å². The van der Waals surface area contributed by atoms with Crippen molar-refractivity contribution < 1.29 is 4.79 Å². The van der Waals surface area contributed by atoms with Crippen molar-refractivity contribution in [2.45, 2.75) is 65.1 Å². The van der Waals surface area contributed by atoms with Crippen LogP contribution in [0, 0.1) is 6.92 Å². The summed E-state index contributed by atoms with van der Waals surface area (Å²) in [6, 6.07) is 8.04. The number of carbonyl (C=O) groups excluding carboxylic acids is 1. The first kappa shape index (κ1) is 22.6. The van der Waals surface area contributed by atoms with Gasteiger partial charge in [0.1, 0.15) is 0 Å². The Morgan fingerprint density at radius 2 is 1.93 bits per heavy atom. The monoisotopic (exact) mass is 442 g/mol. The van der Waals surface area contributed by atoms with Gasteiger partial charge in [-0.15, -0.1) is 21.5 Å². The van der Waals surface area contributed by atoms with Crippen LogP contribution in [0.25, 0.3) is 11.4 Å². The molecule has 5 nitrogen and oxygen atoms in total. The predicted octanol–water partition coefficient (Wildman–Crippen LogP) is 6.14. The topological polar surface area (TPSA) is 59.8 Å². The molecule has 1 N–H and O–H groups in total. The van der Waals surface area contributed by atoms with Crippen LogP contribution in [0.1, 0.15) is 56.0 Å². The van der Waals surface area contributed by atoms with E-state index in [-0.39, 0.29) is 5.91 Å². The summed E-state index contributed by atoms with van der Waals surface area (Å²) in [4.78, 5) is 13.8. The third-order valence-corrected chi connectivity index (χ3v) is 6.98. The maximum Gasteiger partial charge on any atom is 0.234 e. The molecule has 0 atom stereocenters. The number of thiophene rings is 1. The quantitative estimate of drug-likeness (QED) is 0.404. The minimum Gasteiger partial charge on any atom is -0.325 e. The molecule has 7 heteroatoms. The number of nitrogens with one attached hydrogen (secondary N) is 1. The molecule has 0 saturated carbocycles. The Bertz CT molecular complexity index is 989. The predicted molar refractivity (Wildman–Crippen MR) is 128 cm³/mol. The molecule has 30 heavy (non-hydrogen) atoms. The van der Waals surface area contributed by atoms with E-state index < -0.39 is 0 Å². The zero-order valence-corrected chi connectivity index (χ0v) is 20.0. The van der Waals surface area contributed by atoms with Crippen molar-refractivity contribution in [3.05, 3.63) is 45.6 Å². The summed E-state index contributed by atoms with van der Waals surface area (Å²) < 4.78 is 2.15. The lowest BCUT2D eigenvalue weighted by Crippen LogP contribution is -2.14. The average molecular weight is 443 g/mol. The van der Waals surface area contributed by atoms with Gasteiger partial charge < -0.3 is 9.88 Å². The molecule has 0 unspecified atom stereocenters. The fourth-order valence-electron chi connectivity index (χ4n) is 3.40. The number of aryl methyl sites for hydroxylation is 1. The van der Waals surface area contributed by atoms with Gasteiger partial charge in [0.05, 0.1) is 5.75 Å². The van der Waals surface area contributed by atoms with Gasteiger partial charge in [-0.2, -0.15) is 0 Å². The third kappa shape index (κ3) is 5.13. The fraction of sp³-hybridized carbons (Fsp3) is 0.435. The van der Waals surface area contributed by atoms with Gasteiger partial charge in [-0.25, -0.2) is 0 Å². The summed E-state index contributed by atoms with van der Waals surface area (Å²) in [7, 11) is 0. The Morgan fingerprint density at radius 1 is 1.20 bits per heavy atom. The van der Waals surface area contributed by atoms with Crippen LogP contribution in [-0.4, -0.2) is 26.4 Å². The maximum atomic E-state index is 12.5. The van der Waals surface area contributed by atoms with Crippen LogP contribution >= 0.6 is 23.1 Å². The Balaban J connectivity index is 1.70. The van der Waals surface area contributed by atoms with Crippen LogP contribution < -0.4 is 5.32 Å². The van der Waals surface area contributed by atoms with E-state index in [1.807, 2.05) is 12.1 Å². The van der Waals surface area contributed by atoms with Crippen LogP contribution in [-0.2, 0) is 17.8 Å². The first-order valence-corrected chi connectivity index (χ1v) is 12.3. The molecular weight excluding hydrogens is 412 g/mol. The van der Waals surface area contributed by atoms with Gasteiger partial charge in [0, 0.05) is 28.1 Å². The van der Waals surface area contributed by atoms with Crippen LogP contribution in [0.4, 0.5) is 5.69 Å². The van der Waals surface area contributed by atoms with Crippen molar-refractivity contribution in [1.29, 1.82) is 0 Å². The van der Waals surface area contributed by atoms with Gasteiger partial charge in [-0.3, -0.25) is 4.79 Å². The van der Waals surface area contributed by atoms with E-state index in [4.69, 9.17) is 0 Å². The van der Waals surface area contributed by atoms with Crippen molar-refractivity contribution in [3.63, 3.8) is 0 Å². The Morgan fingerprint density at radius 3 is 2.57 bits per heavy atom. The third-order valence-electron chi connectivity index (χ3n) is 5.06. The lowest BCUT2D eigenvalue weighted by atomic mass is 10.0. The van der Waals surface area contributed by atoms with Crippen LogP contribution in [0.15, 0.2) is 34.8 Å². The Kier molecular flexibility index (Phi) is 7.72. The molecule has 3 aromatic rings. The number of carbonyl (C=O) groups is 1. The number of aromatic nitrogens is 3. The molecule has 0 spiro atoms. The van der Waals surface area contributed by atoms with Crippen molar-refractivity contribution >= 4 is 34.7 Å². The number of thioether (sulfide) groups is 1. The standard InChI is InChI=1S/C23H30N4OS2/c1-6-12-27-22(20-13-29-16(5)19(20)7-2)25-26-23(27)30-14-21(28)24-18-10-8-17(9-11-18)15(3)4/h8-11,13,15H,6-7,12,14H2,1-5H3,(H,24,28). The van der Waals surface area contributed by atoms with Gasteiger partial charge in [0.15, 0.2) is 11.0 Å². The minimum absolute atomic E-state index is 0.0366. The molecule has 0 radical (unpaired) electrons. The average Bonchev–Trinajstić information content (AvgIpc) is 3.29. The molecule has 2 aromatic heterocycles. The molecular formula is C23H30N4OS2. The fourth-order valence-corrected chi connectivity index (χ4v) is 5.11. The van der Waals surface area contributed by atoms with Crippen molar-refractivity contribution in [1.82, 2.24) is 14.8 Å². The molecule has 3 rings (SSSR count). The van der Waals surface area contributed by atoms with Gasteiger partial charge in [-0.1, -0.05) is 51.6 Å². The van der Waals surface area contributed by atoms with Gasteiger partial charge in [0.25, 0.3) is 0 Å². The number of anilines is 1. The molecule has 0 saturated heterocycles. The number of nitrogens with zero attached hydrogens (tertiary/aromatic N) is 3. The summed E-state index contributed by atoms with van der Waals surface area (Å²) in [5.41, 5.74) is 4.59. The van der Waals surface area contributed by atoms with Crippen LogP contribution in [0.3, 0.4) is 0 Å². The Labute approximate surface area is 187 Å². The lowest BCUT2D eigenvalue weighted by Gasteiger charge is -2.10. The summed E-state index contributed by atoms with van der Waals surface area (Å²) in [5.74, 6) is 1.65. The molecule has 0 bridgehead atoms. The zero-order valence-electron chi connectivity index (χ0n) is 18.4. The molecule has 0 aliphatic heterocycles. The number of rotatable bonds is 9. The summed E-state index contributed by atoms with van der Waals surface area (Å²) in [5, 5.41) is 14.8. The van der Waals surface area contributed by atoms with Gasteiger partial charge in [0.2, 0.25) is 5.91 Å². The number of hydrogen-bond acceptors (Lipinski definition) is 5. The molecule has 1 aromatic carbocycles. The second kappa shape index (κ2) is 10.3. The largest absolute Gasteiger partial charge is 0.325 e. The second-order valence-electron chi connectivity index (χ2n) is 7.61. The normalized spacial score (nSPS) is 11.3. The molecule has 0 fully saturated rings. The van der Waals surface area contributed by atoms with Crippen LogP contribution in [0.2, 0.25) is 0 Å². The lowest BCUT2D eigenvalue weighted by molar-refractivity contribution is -0.113. The van der Waals surface area contributed by atoms with Gasteiger partial charge in [-0.05, 0) is 48.9 Å². The summed E-state index contributed by atoms with van der Waals surface area (Å²) in [6.07, 6.45) is 1.96. The number of amides is 1. The highest BCUT2D eigenvalue weighted by atomic mass is 32.2. The van der Waals surface area contributed by atoms with Crippen molar-refractivity contribution in [2.75, 3.05) is 11.1 Å². The summed E-state index contributed by atoms with van der Waals surface area (Å²) >= 11 is 3.20. The highest BCUT2D eigenvalue weighted by Crippen LogP contribution is 2.32. The second-order valence-corrected chi connectivity index (χ2v) is 9.64. The molecule has 0 aliphatic rings. The molecule has 0 aliphatic carbocycles. The zero-order chi connectivity index (χ0) is 21.7. The first-order valence-electron chi connectivity index (χ1n) is 10.5. The van der Waals surface area contributed by atoms with Crippen molar-refractivity contribution in [3.8, 4) is 11.4 Å².